The van der Waals surface area contributed by atoms with Gasteiger partial charge in [-0.05, 0) is 28.5 Å². The number of halogens is 1. The van der Waals surface area contributed by atoms with E-state index >= 15 is 0 Å². The maximum Gasteiger partial charge on any atom is 0.234 e. The van der Waals surface area contributed by atoms with Gasteiger partial charge in [-0.15, -0.1) is 0 Å². The smallest absolute Gasteiger partial charge is 0.234 e. The molecule has 0 saturated heterocycles. The lowest BCUT2D eigenvalue weighted by molar-refractivity contribution is -0.160. The van der Waals surface area contributed by atoms with Gasteiger partial charge in [-0.1, -0.05) is 51.4 Å². The molecule has 1 atom stereocenters. The highest BCUT2D eigenvalue weighted by Gasteiger charge is 2.65. The molecule has 0 amide bonds. The van der Waals surface area contributed by atoms with E-state index in [1.807, 2.05) is 33.8 Å². The first kappa shape index (κ1) is 19.4. The number of rotatable bonds is 1. The zero-order valence-corrected chi connectivity index (χ0v) is 17.5. The van der Waals surface area contributed by atoms with Gasteiger partial charge in [0.1, 0.15) is 5.76 Å². The summed E-state index contributed by atoms with van der Waals surface area (Å²) in [6.45, 7) is 7.84. The minimum Gasteiger partial charge on any atom is -0.474 e. The number of ketones is 3. The average Bonchev–Trinajstić information content (AvgIpc) is 2.87. The number of Topliss-reactive ketones (excluding diaryl/α,β-unsaturated/α-hetero) is 3. The van der Waals surface area contributed by atoms with Crippen molar-refractivity contribution in [2.75, 3.05) is 0 Å². The van der Waals surface area contributed by atoms with E-state index in [0.717, 1.165) is 0 Å². The molecule has 1 aromatic carbocycles. The molecule has 148 valence electrons. The van der Waals surface area contributed by atoms with Crippen LogP contribution in [0.2, 0.25) is 5.02 Å². The second kappa shape index (κ2) is 6.03. The largest absolute Gasteiger partial charge is 0.474 e. The van der Waals surface area contributed by atoms with Crippen molar-refractivity contribution in [1.82, 2.24) is 0 Å². The van der Waals surface area contributed by atoms with E-state index < -0.39 is 16.9 Å². The maximum absolute atomic E-state index is 13.4. The number of carbonyl (C=O) groups is 3. The van der Waals surface area contributed by atoms with Gasteiger partial charge in [-0.25, -0.2) is 0 Å². The standard InChI is InChI=1S/C23H25ClO4/c1-21(2)9-15(25)19-16(10-21)28-23(17(26)11-22(3,4)12-18(23)27)20(19)13-6-5-7-14(24)8-13/h5-8,20H,9-12H2,1-4H3/t20-/m1/s1. The molecule has 0 unspecified atom stereocenters. The Bertz CT molecular complexity index is 918. The average molecular weight is 401 g/mol. The summed E-state index contributed by atoms with van der Waals surface area (Å²) in [6.07, 6.45) is 1.40. The number of benzene rings is 1. The predicted octanol–water partition coefficient (Wildman–Crippen LogP) is 4.79. The van der Waals surface area contributed by atoms with Crippen LogP contribution in [-0.2, 0) is 19.1 Å². The van der Waals surface area contributed by atoms with E-state index in [-0.39, 0.29) is 35.6 Å². The monoisotopic (exact) mass is 400 g/mol. The van der Waals surface area contributed by atoms with Crippen LogP contribution < -0.4 is 0 Å². The molecular formula is C23H25ClO4. The molecular weight excluding hydrogens is 376 g/mol. The highest BCUT2D eigenvalue weighted by atomic mass is 35.5. The molecule has 0 bridgehead atoms. The van der Waals surface area contributed by atoms with Crippen LogP contribution in [0.1, 0.15) is 64.9 Å². The van der Waals surface area contributed by atoms with Crippen LogP contribution in [0.4, 0.5) is 0 Å². The first-order valence-corrected chi connectivity index (χ1v) is 10.1. The molecule has 1 saturated carbocycles. The number of hydrogen-bond acceptors (Lipinski definition) is 4. The van der Waals surface area contributed by atoms with Crippen molar-refractivity contribution in [3.63, 3.8) is 0 Å². The van der Waals surface area contributed by atoms with Gasteiger partial charge in [0.05, 0.1) is 5.92 Å². The van der Waals surface area contributed by atoms with Crippen molar-refractivity contribution >= 4 is 29.0 Å². The molecule has 1 aromatic rings. The van der Waals surface area contributed by atoms with Gasteiger partial charge in [0.15, 0.2) is 17.3 Å². The van der Waals surface area contributed by atoms with E-state index in [9.17, 15) is 14.4 Å². The zero-order valence-electron chi connectivity index (χ0n) is 16.7. The Balaban J connectivity index is 1.92. The first-order chi connectivity index (χ1) is 13.0. The van der Waals surface area contributed by atoms with Crippen molar-refractivity contribution in [3.8, 4) is 0 Å². The SMILES string of the molecule is CC1(C)CC(=O)C2(OC3=C(C(=O)CC(C)(C)C3)[C@H]2c2cccc(Cl)c2)C(=O)C1. The topological polar surface area (TPSA) is 60.4 Å². The van der Waals surface area contributed by atoms with E-state index in [1.165, 1.54) is 0 Å². The number of allylic oxidation sites excluding steroid dienone is 1. The van der Waals surface area contributed by atoms with Gasteiger partial charge in [0.2, 0.25) is 5.60 Å². The van der Waals surface area contributed by atoms with Crippen molar-refractivity contribution in [1.29, 1.82) is 0 Å². The van der Waals surface area contributed by atoms with Gasteiger partial charge in [0.25, 0.3) is 0 Å². The van der Waals surface area contributed by atoms with Gasteiger partial charge < -0.3 is 4.74 Å². The van der Waals surface area contributed by atoms with E-state index in [4.69, 9.17) is 16.3 Å². The van der Waals surface area contributed by atoms with Crippen molar-refractivity contribution in [2.45, 2.75) is 64.9 Å². The highest BCUT2D eigenvalue weighted by molar-refractivity contribution is 6.30. The van der Waals surface area contributed by atoms with Crippen LogP contribution in [-0.4, -0.2) is 23.0 Å². The van der Waals surface area contributed by atoms with Crippen LogP contribution in [0.15, 0.2) is 35.6 Å². The fraction of sp³-hybridized carbons (Fsp3) is 0.522. The molecule has 0 aromatic heterocycles. The van der Waals surface area contributed by atoms with Crippen LogP contribution >= 0.6 is 11.6 Å². The first-order valence-electron chi connectivity index (χ1n) is 9.73. The lowest BCUT2D eigenvalue weighted by atomic mass is 9.61. The fourth-order valence-corrected chi connectivity index (χ4v) is 5.22. The summed E-state index contributed by atoms with van der Waals surface area (Å²) in [5.74, 6) is -0.732. The molecule has 28 heavy (non-hydrogen) atoms. The second-order valence-electron chi connectivity index (χ2n) is 9.97. The van der Waals surface area contributed by atoms with Gasteiger partial charge >= 0.3 is 0 Å². The van der Waals surface area contributed by atoms with Crippen LogP contribution in [0.3, 0.4) is 0 Å². The minimum absolute atomic E-state index is 0.0430. The Hall–Kier alpha value is -1.94. The van der Waals surface area contributed by atoms with Gasteiger partial charge in [-0.2, -0.15) is 0 Å². The third-order valence-corrected chi connectivity index (χ3v) is 6.38. The molecule has 0 radical (unpaired) electrons. The molecule has 1 heterocycles. The van der Waals surface area contributed by atoms with E-state index in [2.05, 4.69) is 0 Å². The molecule has 2 aliphatic carbocycles. The summed E-state index contributed by atoms with van der Waals surface area (Å²) in [7, 11) is 0. The lowest BCUT2D eigenvalue weighted by Gasteiger charge is -2.41. The number of hydrogen-bond donors (Lipinski definition) is 0. The highest BCUT2D eigenvalue weighted by Crippen LogP contribution is 2.57. The summed E-state index contributed by atoms with van der Waals surface area (Å²) in [5.41, 5.74) is -1.13. The Morgan fingerprint density at radius 3 is 2.14 bits per heavy atom. The summed E-state index contributed by atoms with van der Waals surface area (Å²) in [6, 6.07) is 7.08. The molecule has 4 rings (SSSR count). The van der Waals surface area contributed by atoms with Gasteiger partial charge in [0, 0.05) is 36.3 Å². The Morgan fingerprint density at radius 1 is 0.929 bits per heavy atom. The summed E-state index contributed by atoms with van der Waals surface area (Å²) in [4.78, 5) is 39.9. The van der Waals surface area contributed by atoms with Gasteiger partial charge in [-0.3, -0.25) is 14.4 Å². The molecule has 1 spiro atoms. The Morgan fingerprint density at radius 2 is 1.54 bits per heavy atom. The normalized spacial score (nSPS) is 27.8. The van der Waals surface area contributed by atoms with Crippen molar-refractivity contribution in [2.24, 2.45) is 10.8 Å². The Labute approximate surface area is 170 Å². The minimum atomic E-state index is -1.64. The fourth-order valence-electron chi connectivity index (χ4n) is 5.02. The summed E-state index contributed by atoms with van der Waals surface area (Å²) < 4.78 is 6.24. The lowest BCUT2D eigenvalue weighted by Crippen LogP contribution is -2.57. The third kappa shape index (κ3) is 2.85. The summed E-state index contributed by atoms with van der Waals surface area (Å²) in [5, 5.41) is 0.501. The van der Waals surface area contributed by atoms with Crippen molar-refractivity contribution in [3.05, 3.63) is 46.2 Å². The molecule has 1 aliphatic heterocycles. The third-order valence-electron chi connectivity index (χ3n) is 6.15. The summed E-state index contributed by atoms with van der Waals surface area (Å²) >= 11 is 6.21. The van der Waals surface area contributed by atoms with Crippen LogP contribution in [0, 0.1) is 10.8 Å². The predicted molar refractivity (Wildman–Crippen MR) is 106 cm³/mol. The maximum atomic E-state index is 13.4. The van der Waals surface area contributed by atoms with Crippen LogP contribution in [0.25, 0.3) is 0 Å². The van der Waals surface area contributed by atoms with E-state index in [0.29, 0.717) is 34.8 Å². The number of ether oxygens (including phenoxy) is 1. The van der Waals surface area contributed by atoms with Crippen molar-refractivity contribution < 1.29 is 19.1 Å². The van der Waals surface area contributed by atoms with E-state index in [1.54, 1.807) is 18.2 Å². The quantitative estimate of drug-likeness (QED) is 0.635. The molecule has 3 aliphatic rings. The Kier molecular flexibility index (Phi) is 4.17. The molecule has 1 fully saturated rings. The molecule has 4 nitrogen and oxygen atoms in total. The second-order valence-corrected chi connectivity index (χ2v) is 10.4. The molecule has 5 heteroatoms. The molecule has 0 N–H and O–H groups in total. The zero-order chi connectivity index (χ0) is 20.5. The van der Waals surface area contributed by atoms with Crippen LogP contribution in [0.5, 0.6) is 0 Å². The number of carbonyl (C=O) groups excluding carboxylic acids is 3.